The smallest absolute Gasteiger partial charge is 0.344 e. The van der Waals surface area contributed by atoms with Gasteiger partial charge in [-0.15, -0.1) is 0 Å². The molecule has 0 aliphatic carbocycles. The number of carbonyl (C=O) groups is 1. The van der Waals surface area contributed by atoms with Crippen LogP contribution in [0.15, 0.2) is 54.9 Å². The van der Waals surface area contributed by atoms with Crippen LogP contribution in [-0.4, -0.2) is 23.1 Å². The van der Waals surface area contributed by atoms with Crippen molar-refractivity contribution in [1.82, 2.24) is 10.3 Å². The van der Waals surface area contributed by atoms with Crippen LogP contribution in [0.3, 0.4) is 0 Å². The van der Waals surface area contributed by atoms with E-state index in [4.69, 9.17) is 0 Å². The molecular weight excluding hydrogens is 293 g/mol. The molecule has 0 bridgehead atoms. The maximum absolute atomic E-state index is 13.1. The monoisotopic (exact) mass is 308 g/mol. The first-order chi connectivity index (χ1) is 10.4. The third-order valence-corrected chi connectivity index (χ3v) is 3.10. The number of hydrogen-bond acceptors (Lipinski definition) is 2. The van der Waals surface area contributed by atoms with Gasteiger partial charge >= 0.3 is 6.18 Å². The first-order valence-corrected chi connectivity index (χ1v) is 6.74. The lowest BCUT2D eigenvalue weighted by molar-refractivity contribution is -0.161. The first kappa shape index (κ1) is 16.0. The minimum Gasteiger partial charge on any atom is -0.344 e. The van der Waals surface area contributed by atoms with Crippen molar-refractivity contribution in [1.29, 1.82) is 0 Å². The second kappa shape index (κ2) is 7.06. The molecule has 0 fully saturated rings. The van der Waals surface area contributed by atoms with E-state index in [9.17, 15) is 18.0 Å². The van der Waals surface area contributed by atoms with Gasteiger partial charge in [-0.05, 0) is 17.2 Å². The standard InChI is InChI=1S/C16H15F3N2O/c17-16(18,19)14(9-12-5-2-1-3-6-12)21-15(22)10-13-7-4-8-20-11-13/h1-8,11,14H,9-10H2,(H,21,22). The summed E-state index contributed by atoms with van der Waals surface area (Å²) in [6.45, 7) is 0. The molecule has 0 radical (unpaired) electrons. The van der Waals surface area contributed by atoms with Crippen molar-refractivity contribution < 1.29 is 18.0 Å². The molecule has 116 valence electrons. The van der Waals surface area contributed by atoms with Crippen LogP contribution in [0.5, 0.6) is 0 Å². The van der Waals surface area contributed by atoms with Crippen LogP contribution >= 0.6 is 0 Å². The molecule has 0 saturated heterocycles. The fourth-order valence-electron chi connectivity index (χ4n) is 2.03. The van der Waals surface area contributed by atoms with E-state index in [1.165, 1.54) is 12.4 Å². The molecule has 1 heterocycles. The molecular formula is C16H15F3N2O. The highest BCUT2D eigenvalue weighted by Crippen LogP contribution is 2.23. The quantitative estimate of drug-likeness (QED) is 0.923. The van der Waals surface area contributed by atoms with Crippen LogP contribution < -0.4 is 5.32 Å². The van der Waals surface area contributed by atoms with Crippen molar-refractivity contribution in [3.63, 3.8) is 0 Å². The van der Waals surface area contributed by atoms with Gasteiger partial charge in [-0.1, -0.05) is 36.4 Å². The van der Waals surface area contributed by atoms with Gasteiger partial charge in [-0.2, -0.15) is 13.2 Å². The average Bonchev–Trinajstić information content (AvgIpc) is 2.48. The summed E-state index contributed by atoms with van der Waals surface area (Å²) in [5.41, 5.74) is 1.09. The Morgan fingerprint density at radius 3 is 2.36 bits per heavy atom. The van der Waals surface area contributed by atoms with Gasteiger partial charge in [0, 0.05) is 18.8 Å². The lowest BCUT2D eigenvalue weighted by Gasteiger charge is -2.21. The van der Waals surface area contributed by atoms with Gasteiger partial charge in [0.25, 0.3) is 0 Å². The average molecular weight is 308 g/mol. The highest BCUT2D eigenvalue weighted by atomic mass is 19.4. The minimum atomic E-state index is -4.50. The summed E-state index contributed by atoms with van der Waals surface area (Å²) >= 11 is 0. The third-order valence-electron chi connectivity index (χ3n) is 3.10. The predicted octanol–water partition coefficient (Wildman–Crippen LogP) is 2.91. The van der Waals surface area contributed by atoms with Crippen LogP contribution in [0.1, 0.15) is 11.1 Å². The van der Waals surface area contributed by atoms with Crippen LogP contribution in [0.25, 0.3) is 0 Å². The van der Waals surface area contributed by atoms with Gasteiger partial charge < -0.3 is 5.32 Å². The number of halogens is 3. The molecule has 6 heteroatoms. The zero-order chi connectivity index (χ0) is 16.0. The van der Waals surface area contributed by atoms with Crippen LogP contribution in [0, 0.1) is 0 Å². The van der Waals surface area contributed by atoms with Gasteiger partial charge in [0.05, 0.1) is 6.42 Å². The zero-order valence-corrected chi connectivity index (χ0v) is 11.7. The Labute approximate surface area is 126 Å². The molecule has 2 aromatic rings. The number of carbonyl (C=O) groups excluding carboxylic acids is 1. The molecule has 1 aromatic carbocycles. The molecule has 1 aromatic heterocycles. The number of amides is 1. The highest BCUT2D eigenvalue weighted by molar-refractivity contribution is 5.78. The molecule has 1 N–H and O–H groups in total. The molecule has 0 saturated carbocycles. The van der Waals surface area contributed by atoms with Crippen molar-refractivity contribution in [3.8, 4) is 0 Å². The zero-order valence-electron chi connectivity index (χ0n) is 11.7. The Hall–Kier alpha value is -2.37. The van der Waals surface area contributed by atoms with Crippen molar-refractivity contribution >= 4 is 5.91 Å². The summed E-state index contributed by atoms with van der Waals surface area (Å²) < 4.78 is 39.2. The fraction of sp³-hybridized carbons (Fsp3) is 0.250. The second-order valence-electron chi connectivity index (χ2n) is 4.89. The molecule has 1 atom stereocenters. The minimum absolute atomic E-state index is 0.130. The SMILES string of the molecule is O=C(Cc1cccnc1)NC(Cc1ccccc1)C(F)(F)F. The molecule has 3 nitrogen and oxygen atoms in total. The summed E-state index contributed by atoms with van der Waals surface area (Å²) in [5, 5.41) is 2.06. The number of nitrogens with one attached hydrogen (secondary N) is 1. The Morgan fingerprint density at radius 2 is 1.77 bits per heavy atom. The van der Waals surface area contributed by atoms with E-state index in [-0.39, 0.29) is 12.8 Å². The van der Waals surface area contributed by atoms with E-state index in [2.05, 4.69) is 10.3 Å². The number of alkyl halides is 3. The number of rotatable bonds is 5. The number of nitrogens with zero attached hydrogens (tertiary/aromatic N) is 1. The van der Waals surface area contributed by atoms with E-state index in [0.717, 1.165) is 0 Å². The fourth-order valence-corrected chi connectivity index (χ4v) is 2.03. The van der Waals surface area contributed by atoms with Gasteiger partial charge in [-0.25, -0.2) is 0 Å². The molecule has 0 aliphatic rings. The van der Waals surface area contributed by atoms with Crippen LogP contribution in [-0.2, 0) is 17.6 Å². The van der Waals surface area contributed by atoms with Crippen molar-refractivity contribution in [2.24, 2.45) is 0 Å². The summed E-state index contributed by atoms with van der Waals surface area (Å²) in [6.07, 6.45) is -1.92. The third kappa shape index (κ3) is 4.87. The molecule has 0 aliphatic heterocycles. The Bertz CT molecular complexity index is 600. The van der Waals surface area contributed by atoms with E-state index < -0.39 is 18.1 Å². The van der Waals surface area contributed by atoms with Gasteiger partial charge in [0.15, 0.2) is 0 Å². The van der Waals surface area contributed by atoms with E-state index in [1.807, 2.05) is 0 Å². The maximum Gasteiger partial charge on any atom is 0.408 e. The van der Waals surface area contributed by atoms with E-state index in [1.54, 1.807) is 42.5 Å². The topological polar surface area (TPSA) is 42.0 Å². The molecule has 1 amide bonds. The summed E-state index contributed by atoms with van der Waals surface area (Å²) in [4.78, 5) is 15.7. The molecule has 22 heavy (non-hydrogen) atoms. The van der Waals surface area contributed by atoms with Crippen LogP contribution in [0.2, 0.25) is 0 Å². The molecule has 2 rings (SSSR count). The largest absolute Gasteiger partial charge is 0.408 e. The number of pyridine rings is 1. The number of aromatic nitrogens is 1. The van der Waals surface area contributed by atoms with E-state index >= 15 is 0 Å². The maximum atomic E-state index is 13.1. The Balaban J connectivity index is 2.02. The Morgan fingerprint density at radius 1 is 1.09 bits per heavy atom. The summed E-state index contributed by atoms with van der Waals surface area (Å²) in [5.74, 6) is -0.675. The normalized spacial score (nSPS) is 12.7. The van der Waals surface area contributed by atoms with Gasteiger partial charge in [-0.3, -0.25) is 9.78 Å². The molecule has 1 unspecified atom stereocenters. The van der Waals surface area contributed by atoms with Gasteiger partial charge in [0.1, 0.15) is 6.04 Å². The van der Waals surface area contributed by atoms with Crippen molar-refractivity contribution in [2.45, 2.75) is 25.1 Å². The second-order valence-corrected chi connectivity index (χ2v) is 4.89. The van der Waals surface area contributed by atoms with Crippen molar-refractivity contribution in [3.05, 3.63) is 66.0 Å². The number of benzene rings is 1. The first-order valence-electron chi connectivity index (χ1n) is 6.74. The van der Waals surface area contributed by atoms with Crippen molar-refractivity contribution in [2.75, 3.05) is 0 Å². The molecule has 0 spiro atoms. The highest BCUT2D eigenvalue weighted by Gasteiger charge is 2.40. The lowest BCUT2D eigenvalue weighted by atomic mass is 10.1. The van der Waals surface area contributed by atoms with Gasteiger partial charge in [0.2, 0.25) is 5.91 Å². The lowest BCUT2D eigenvalue weighted by Crippen LogP contribution is -2.47. The predicted molar refractivity (Wildman–Crippen MR) is 76.1 cm³/mol. The van der Waals surface area contributed by atoms with E-state index in [0.29, 0.717) is 11.1 Å². The Kier molecular flexibility index (Phi) is 5.14. The summed E-state index contributed by atoms with van der Waals surface area (Å²) in [7, 11) is 0. The summed E-state index contributed by atoms with van der Waals surface area (Å²) in [6, 6.07) is 9.64. The number of hydrogen-bond donors (Lipinski definition) is 1. The van der Waals surface area contributed by atoms with Crippen LogP contribution in [0.4, 0.5) is 13.2 Å².